The molecule has 0 bridgehead atoms. The van der Waals surface area contributed by atoms with Crippen LogP contribution in [-0.4, -0.2) is 46.0 Å². The molecular formula is C23H28N4O4S. The number of para-hydroxylation sites is 2. The molecule has 0 aliphatic carbocycles. The predicted molar refractivity (Wildman–Crippen MR) is 122 cm³/mol. The van der Waals surface area contributed by atoms with Crippen LogP contribution >= 0.6 is 0 Å². The van der Waals surface area contributed by atoms with E-state index in [0.717, 1.165) is 28.2 Å². The van der Waals surface area contributed by atoms with Gasteiger partial charge in [0.05, 0.1) is 36.4 Å². The summed E-state index contributed by atoms with van der Waals surface area (Å²) in [6.07, 6.45) is 1.76. The van der Waals surface area contributed by atoms with E-state index in [1.807, 2.05) is 54.9 Å². The maximum absolute atomic E-state index is 12.8. The van der Waals surface area contributed by atoms with Gasteiger partial charge in [0.15, 0.2) is 0 Å². The van der Waals surface area contributed by atoms with Crippen LogP contribution in [0.25, 0.3) is 16.9 Å². The lowest BCUT2D eigenvalue weighted by Crippen LogP contribution is -2.32. The van der Waals surface area contributed by atoms with Gasteiger partial charge in [-0.05, 0) is 45.9 Å². The van der Waals surface area contributed by atoms with Crippen LogP contribution in [0.4, 0.5) is 0 Å². The van der Waals surface area contributed by atoms with Gasteiger partial charge in [0.2, 0.25) is 15.9 Å². The normalized spacial score (nSPS) is 14.2. The first-order chi connectivity index (χ1) is 15.2. The summed E-state index contributed by atoms with van der Waals surface area (Å²) in [6.45, 7) is 7.79. The average Bonchev–Trinajstić information content (AvgIpc) is 3.32. The summed E-state index contributed by atoms with van der Waals surface area (Å²) < 4.78 is 40.1. The second kappa shape index (κ2) is 8.55. The molecule has 0 saturated carbocycles. The molecule has 1 aliphatic heterocycles. The third kappa shape index (κ3) is 3.98. The van der Waals surface area contributed by atoms with Crippen LogP contribution in [0.1, 0.15) is 39.0 Å². The number of fused-ring (bicyclic) bond motifs is 1. The summed E-state index contributed by atoms with van der Waals surface area (Å²) >= 11 is 0. The van der Waals surface area contributed by atoms with Crippen molar-refractivity contribution >= 4 is 10.0 Å². The molecule has 0 N–H and O–H groups in total. The molecule has 1 aromatic carbocycles. The van der Waals surface area contributed by atoms with Crippen LogP contribution in [0, 0.1) is 0 Å². The minimum atomic E-state index is -3.40. The van der Waals surface area contributed by atoms with Gasteiger partial charge >= 0.3 is 0 Å². The van der Waals surface area contributed by atoms with E-state index in [0.29, 0.717) is 11.6 Å². The molecule has 0 atom stereocenters. The number of ether oxygens (including phenoxy) is 2. The van der Waals surface area contributed by atoms with E-state index in [9.17, 15) is 8.42 Å². The molecule has 3 heterocycles. The summed E-state index contributed by atoms with van der Waals surface area (Å²) in [5.41, 5.74) is 4.01. The molecule has 4 rings (SSSR count). The maximum Gasteiger partial charge on any atom is 0.217 e. The van der Waals surface area contributed by atoms with Gasteiger partial charge < -0.3 is 9.47 Å². The standard InChI is InChI=1S/C23H28N4O4S/c1-15(2)31-22-11-10-17(12-24-22)23-18-13-26(32(28,29)16(3)4)14-19(18)25-27(23)20-8-6-7-9-21(20)30-5/h6-12,15-16H,13-14H2,1-5H3. The van der Waals surface area contributed by atoms with Gasteiger partial charge in [-0.1, -0.05) is 12.1 Å². The summed E-state index contributed by atoms with van der Waals surface area (Å²) in [5.74, 6) is 1.21. The molecule has 8 nitrogen and oxygen atoms in total. The molecule has 9 heteroatoms. The van der Waals surface area contributed by atoms with Crippen LogP contribution in [0.15, 0.2) is 42.6 Å². The Hall–Kier alpha value is -2.91. The number of hydrogen-bond acceptors (Lipinski definition) is 6. The Morgan fingerprint density at radius 2 is 1.78 bits per heavy atom. The molecule has 0 fully saturated rings. The number of pyridine rings is 1. The second-order valence-electron chi connectivity index (χ2n) is 8.27. The molecule has 1 aliphatic rings. The largest absolute Gasteiger partial charge is 0.494 e. The maximum atomic E-state index is 12.8. The molecule has 0 unspecified atom stereocenters. The summed E-state index contributed by atoms with van der Waals surface area (Å²) in [5, 5.41) is 4.32. The number of sulfonamides is 1. The van der Waals surface area contributed by atoms with Crippen LogP contribution < -0.4 is 9.47 Å². The Bertz CT molecular complexity index is 1220. The highest BCUT2D eigenvalue weighted by Crippen LogP contribution is 2.38. The van der Waals surface area contributed by atoms with Crippen molar-refractivity contribution in [3.8, 4) is 28.6 Å². The quantitative estimate of drug-likeness (QED) is 0.538. The van der Waals surface area contributed by atoms with Crippen molar-refractivity contribution in [2.24, 2.45) is 0 Å². The first kappa shape index (κ1) is 22.3. The van der Waals surface area contributed by atoms with Gasteiger partial charge in [0.1, 0.15) is 11.4 Å². The van der Waals surface area contributed by atoms with Crippen molar-refractivity contribution in [2.45, 2.75) is 52.1 Å². The lowest BCUT2D eigenvalue weighted by molar-refractivity contribution is 0.232. The zero-order valence-electron chi connectivity index (χ0n) is 18.9. The zero-order valence-corrected chi connectivity index (χ0v) is 19.8. The topological polar surface area (TPSA) is 86.6 Å². The van der Waals surface area contributed by atoms with Crippen molar-refractivity contribution < 1.29 is 17.9 Å². The van der Waals surface area contributed by atoms with Crippen molar-refractivity contribution in [3.63, 3.8) is 0 Å². The van der Waals surface area contributed by atoms with E-state index in [2.05, 4.69) is 4.98 Å². The van der Waals surface area contributed by atoms with Gasteiger partial charge in [-0.15, -0.1) is 0 Å². The van der Waals surface area contributed by atoms with Gasteiger partial charge in [0, 0.05) is 29.9 Å². The summed E-state index contributed by atoms with van der Waals surface area (Å²) in [6, 6.07) is 11.4. The van der Waals surface area contributed by atoms with Crippen LogP contribution in [0.2, 0.25) is 0 Å². The smallest absolute Gasteiger partial charge is 0.217 e. The number of methoxy groups -OCH3 is 1. The minimum Gasteiger partial charge on any atom is -0.494 e. The third-order valence-electron chi connectivity index (χ3n) is 5.36. The molecule has 170 valence electrons. The lowest BCUT2D eigenvalue weighted by Gasteiger charge is -2.20. The number of nitrogens with zero attached hydrogens (tertiary/aromatic N) is 4. The molecule has 0 spiro atoms. The first-order valence-corrected chi connectivity index (χ1v) is 12.1. The van der Waals surface area contributed by atoms with E-state index < -0.39 is 15.3 Å². The summed E-state index contributed by atoms with van der Waals surface area (Å²) in [7, 11) is -1.78. The number of benzene rings is 1. The molecule has 0 radical (unpaired) electrons. The van der Waals surface area contributed by atoms with Gasteiger partial charge in [-0.3, -0.25) is 0 Å². The van der Waals surface area contributed by atoms with E-state index in [-0.39, 0.29) is 19.2 Å². The third-order valence-corrected chi connectivity index (χ3v) is 7.53. The van der Waals surface area contributed by atoms with Crippen LogP contribution in [-0.2, 0) is 23.1 Å². The number of aromatic nitrogens is 3. The first-order valence-electron chi connectivity index (χ1n) is 10.6. The Balaban J connectivity index is 1.84. The van der Waals surface area contributed by atoms with Crippen LogP contribution in [0.5, 0.6) is 11.6 Å². The van der Waals surface area contributed by atoms with Gasteiger partial charge in [-0.25, -0.2) is 18.1 Å². The predicted octanol–water partition coefficient (Wildman–Crippen LogP) is 3.78. The fourth-order valence-electron chi connectivity index (χ4n) is 3.77. The SMILES string of the molecule is COc1ccccc1-n1nc2c(c1-c1ccc(OC(C)C)nc1)CN(S(=O)(=O)C(C)C)C2. The average molecular weight is 457 g/mol. The number of hydrogen-bond donors (Lipinski definition) is 0. The Kier molecular flexibility index (Phi) is 5.96. The lowest BCUT2D eigenvalue weighted by atomic mass is 10.1. The fraction of sp³-hybridized carbons (Fsp3) is 0.391. The molecule has 0 saturated heterocycles. The molecular weight excluding hydrogens is 428 g/mol. The Morgan fingerprint density at radius 1 is 1.03 bits per heavy atom. The van der Waals surface area contributed by atoms with Gasteiger partial charge in [0.25, 0.3) is 0 Å². The Morgan fingerprint density at radius 3 is 2.41 bits per heavy atom. The van der Waals surface area contributed by atoms with Crippen molar-refractivity contribution in [3.05, 3.63) is 53.9 Å². The highest BCUT2D eigenvalue weighted by Gasteiger charge is 2.36. The Labute approximate surface area is 188 Å². The van der Waals surface area contributed by atoms with Crippen molar-refractivity contribution in [1.29, 1.82) is 0 Å². The second-order valence-corrected chi connectivity index (χ2v) is 10.8. The highest BCUT2D eigenvalue weighted by atomic mass is 32.2. The van der Waals surface area contributed by atoms with E-state index in [1.165, 1.54) is 4.31 Å². The van der Waals surface area contributed by atoms with E-state index in [4.69, 9.17) is 14.6 Å². The molecule has 2 aromatic heterocycles. The van der Waals surface area contributed by atoms with Gasteiger partial charge in [-0.2, -0.15) is 9.40 Å². The highest BCUT2D eigenvalue weighted by molar-refractivity contribution is 7.89. The summed E-state index contributed by atoms with van der Waals surface area (Å²) in [4.78, 5) is 4.45. The molecule has 3 aromatic rings. The molecule has 0 amide bonds. The molecule has 32 heavy (non-hydrogen) atoms. The zero-order chi connectivity index (χ0) is 23.0. The van der Waals surface area contributed by atoms with Crippen molar-refractivity contribution in [1.82, 2.24) is 19.1 Å². The van der Waals surface area contributed by atoms with E-state index in [1.54, 1.807) is 27.2 Å². The van der Waals surface area contributed by atoms with Crippen molar-refractivity contribution in [2.75, 3.05) is 7.11 Å². The minimum absolute atomic E-state index is 0.0199. The number of rotatable bonds is 7. The van der Waals surface area contributed by atoms with Crippen LogP contribution in [0.3, 0.4) is 0 Å². The monoisotopic (exact) mass is 456 g/mol. The fourth-order valence-corrected chi connectivity index (χ4v) is 4.98. The van der Waals surface area contributed by atoms with E-state index >= 15 is 0 Å².